The zero-order valence-electron chi connectivity index (χ0n) is 9.31. The summed E-state index contributed by atoms with van der Waals surface area (Å²) in [5, 5.41) is 2.89. The highest BCUT2D eigenvalue weighted by Gasteiger charge is 2.20. The van der Waals surface area contributed by atoms with E-state index >= 15 is 0 Å². The first kappa shape index (κ1) is 12.4. The van der Waals surface area contributed by atoms with Gasteiger partial charge in [0.1, 0.15) is 0 Å². The van der Waals surface area contributed by atoms with Crippen LogP contribution in [0.4, 0.5) is 0 Å². The molecule has 3 heteroatoms. The quantitative estimate of drug-likeness (QED) is 0.723. The van der Waals surface area contributed by atoms with E-state index in [1.165, 1.54) is 0 Å². The summed E-state index contributed by atoms with van der Waals surface area (Å²) < 4.78 is 4.97. The van der Waals surface area contributed by atoms with Crippen molar-refractivity contribution in [1.82, 2.24) is 5.32 Å². The zero-order valence-corrected chi connectivity index (χ0v) is 9.31. The smallest absolute Gasteiger partial charge is 0.225 e. The van der Waals surface area contributed by atoms with Crippen molar-refractivity contribution in [3.05, 3.63) is 0 Å². The van der Waals surface area contributed by atoms with Gasteiger partial charge in [0.2, 0.25) is 5.91 Å². The van der Waals surface area contributed by atoms with Gasteiger partial charge >= 0.3 is 0 Å². The van der Waals surface area contributed by atoms with E-state index in [0.717, 1.165) is 0 Å². The minimum Gasteiger partial charge on any atom is -0.384 e. The Balaban J connectivity index is 3.71. The largest absolute Gasteiger partial charge is 0.384 e. The van der Waals surface area contributed by atoms with Gasteiger partial charge in [0.15, 0.2) is 0 Å². The third-order valence-corrected chi connectivity index (χ3v) is 1.74. The molecule has 0 spiro atoms. The fraction of sp³-hybridized carbons (Fsp3) is 0.900. The van der Waals surface area contributed by atoms with Crippen LogP contribution in [0.15, 0.2) is 0 Å². The second-order valence-corrected chi connectivity index (χ2v) is 4.52. The van der Waals surface area contributed by atoms with E-state index in [1.54, 1.807) is 7.11 Å². The second kappa shape index (κ2) is 5.22. The van der Waals surface area contributed by atoms with Crippen LogP contribution in [0, 0.1) is 11.3 Å². The summed E-state index contributed by atoms with van der Waals surface area (Å²) in [4.78, 5) is 11.4. The Morgan fingerprint density at radius 2 is 2.00 bits per heavy atom. The van der Waals surface area contributed by atoms with Gasteiger partial charge in [0.05, 0.1) is 6.61 Å². The molecule has 0 radical (unpaired) electrons. The molecule has 78 valence electrons. The number of carbonyl (C=O) groups is 1. The van der Waals surface area contributed by atoms with Crippen LogP contribution in [0.25, 0.3) is 0 Å². The maximum atomic E-state index is 11.4. The molecular weight excluding hydrogens is 166 g/mol. The predicted octanol–water partition coefficient (Wildman–Crippen LogP) is 1.43. The molecule has 0 aromatic carbocycles. The number of methoxy groups -OCH3 is 1. The SMILES string of the molecule is COCC(C)CNC(=O)C(C)(C)C. The Labute approximate surface area is 80.8 Å². The van der Waals surface area contributed by atoms with Crippen molar-refractivity contribution in [1.29, 1.82) is 0 Å². The van der Waals surface area contributed by atoms with Crippen molar-refractivity contribution < 1.29 is 9.53 Å². The molecule has 0 aromatic heterocycles. The molecular formula is C10H21NO2. The summed E-state index contributed by atoms with van der Waals surface area (Å²) in [7, 11) is 1.67. The van der Waals surface area contributed by atoms with Gasteiger partial charge in [-0.25, -0.2) is 0 Å². The van der Waals surface area contributed by atoms with Crippen LogP contribution in [0.5, 0.6) is 0 Å². The molecule has 0 saturated heterocycles. The summed E-state index contributed by atoms with van der Waals surface area (Å²) >= 11 is 0. The molecule has 3 nitrogen and oxygen atoms in total. The van der Waals surface area contributed by atoms with Gasteiger partial charge in [-0.3, -0.25) is 4.79 Å². The van der Waals surface area contributed by atoms with Crippen molar-refractivity contribution >= 4 is 5.91 Å². The van der Waals surface area contributed by atoms with E-state index in [0.29, 0.717) is 19.1 Å². The lowest BCUT2D eigenvalue weighted by Gasteiger charge is -2.19. The molecule has 0 aliphatic rings. The summed E-state index contributed by atoms with van der Waals surface area (Å²) in [6.45, 7) is 9.14. The second-order valence-electron chi connectivity index (χ2n) is 4.52. The molecule has 0 rings (SSSR count). The Kier molecular flexibility index (Phi) is 4.99. The van der Waals surface area contributed by atoms with Crippen LogP contribution >= 0.6 is 0 Å². The van der Waals surface area contributed by atoms with Crippen molar-refractivity contribution in [3.63, 3.8) is 0 Å². The van der Waals surface area contributed by atoms with Gasteiger partial charge < -0.3 is 10.1 Å². The standard InChI is InChI=1S/C10H21NO2/c1-8(7-13-5)6-11-9(12)10(2,3)4/h8H,6-7H2,1-5H3,(H,11,12). The average Bonchev–Trinajstić information content (AvgIpc) is 1.99. The highest BCUT2D eigenvalue weighted by atomic mass is 16.5. The molecule has 0 heterocycles. The van der Waals surface area contributed by atoms with Crippen LogP contribution in [-0.2, 0) is 9.53 Å². The van der Waals surface area contributed by atoms with Crippen molar-refractivity contribution in [2.75, 3.05) is 20.3 Å². The molecule has 0 aromatic rings. The number of nitrogens with one attached hydrogen (secondary N) is 1. The molecule has 0 bridgehead atoms. The van der Waals surface area contributed by atoms with E-state index < -0.39 is 0 Å². The topological polar surface area (TPSA) is 38.3 Å². The molecule has 0 fully saturated rings. The summed E-state index contributed by atoms with van der Waals surface area (Å²) in [6, 6.07) is 0. The maximum absolute atomic E-state index is 11.4. The van der Waals surface area contributed by atoms with Gasteiger partial charge in [-0.1, -0.05) is 27.7 Å². The lowest BCUT2D eigenvalue weighted by Crippen LogP contribution is -2.37. The lowest BCUT2D eigenvalue weighted by molar-refractivity contribution is -0.128. The van der Waals surface area contributed by atoms with Gasteiger partial charge in [-0.05, 0) is 5.92 Å². The summed E-state index contributed by atoms with van der Waals surface area (Å²) in [6.07, 6.45) is 0. The predicted molar refractivity (Wildman–Crippen MR) is 53.5 cm³/mol. The molecule has 1 unspecified atom stereocenters. The number of ether oxygens (including phenoxy) is 1. The van der Waals surface area contributed by atoms with Gasteiger partial charge in [-0.15, -0.1) is 0 Å². The third-order valence-electron chi connectivity index (χ3n) is 1.74. The highest BCUT2D eigenvalue weighted by Crippen LogP contribution is 2.12. The fourth-order valence-electron chi connectivity index (χ4n) is 0.876. The Morgan fingerprint density at radius 1 is 1.46 bits per heavy atom. The number of amides is 1. The lowest BCUT2D eigenvalue weighted by atomic mass is 9.95. The van der Waals surface area contributed by atoms with Crippen LogP contribution in [-0.4, -0.2) is 26.2 Å². The van der Waals surface area contributed by atoms with Gasteiger partial charge in [-0.2, -0.15) is 0 Å². The minimum absolute atomic E-state index is 0.0930. The number of hydrogen-bond donors (Lipinski definition) is 1. The number of carbonyl (C=O) groups excluding carboxylic acids is 1. The first-order valence-electron chi connectivity index (χ1n) is 4.65. The Hall–Kier alpha value is -0.570. The minimum atomic E-state index is -0.299. The third kappa shape index (κ3) is 5.64. The fourth-order valence-corrected chi connectivity index (χ4v) is 0.876. The van der Waals surface area contributed by atoms with E-state index in [2.05, 4.69) is 5.32 Å². The molecule has 1 atom stereocenters. The Morgan fingerprint density at radius 3 is 2.38 bits per heavy atom. The van der Waals surface area contributed by atoms with Gasteiger partial charge in [0, 0.05) is 19.1 Å². The van der Waals surface area contributed by atoms with Crippen LogP contribution in [0.1, 0.15) is 27.7 Å². The monoisotopic (exact) mass is 187 g/mol. The molecule has 1 N–H and O–H groups in total. The van der Waals surface area contributed by atoms with E-state index in [1.807, 2.05) is 27.7 Å². The van der Waals surface area contributed by atoms with Crippen molar-refractivity contribution in [3.8, 4) is 0 Å². The molecule has 0 aliphatic heterocycles. The first-order chi connectivity index (χ1) is 5.88. The van der Waals surface area contributed by atoms with Crippen molar-refractivity contribution in [2.24, 2.45) is 11.3 Å². The highest BCUT2D eigenvalue weighted by molar-refractivity contribution is 5.81. The molecule has 0 saturated carbocycles. The number of hydrogen-bond acceptors (Lipinski definition) is 2. The first-order valence-corrected chi connectivity index (χ1v) is 4.65. The molecule has 0 aliphatic carbocycles. The zero-order chi connectivity index (χ0) is 10.5. The summed E-state index contributed by atoms with van der Waals surface area (Å²) in [5.74, 6) is 0.465. The van der Waals surface area contributed by atoms with E-state index in [4.69, 9.17) is 4.74 Å². The molecule has 13 heavy (non-hydrogen) atoms. The van der Waals surface area contributed by atoms with Crippen molar-refractivity contribution in [2.45, 2.75) is 27.7 Å². The number of rotatable bonds is 4. The van der Waals surface area contributed by atoms with Crippen LogP contribution < -0.4 is 5.32 Å². The van der Waals surface area contributed by atoms with Crippen LogP contribution in [0.3, 0.4) is 0 Å². The molecule has 1 amide bonds. The van der Waals surface area contributed by atoms with Gasteiger partial charge in [0.25, 0.3) is 0 Å². The van der Waals surface area contributed by atoms with E-state index in [-0.39, 0.29) is 11.3 Å². The van der Waals surface area contributed by atoms with Crippen LogP contribution in [0.2, 0.25) is 0 Å². The van der Waals surface area contributed by atoms with E-state index in [9.17, 15) is 4.79 Å². The summed E-state index contributed by atoms with van der Waals surface area (Å²) in [5.41, 5.74) is -0.299. The normalized spacial score (nSPS) is 13.9. The Bertz CT molecular complexity index is 161. The average molecular weight is 187 g/mol. The maximum Gasteiger partial charge on any atom is 0.225 e.